The average molecular weight is 493 g/mol. The number of carboxylic acid groups (broad SMARTS) is 2. The molecule has 3 rings (SSSR count). The Balaban J connectivity index is 0.000000461. The van der Waals surface area contributed by atoms with Crippen LogP contribution in [0.1, 0.15) is 13.8 Å². The summed E-state index contributed by atoms with van der Waals surface area (Å²) in [6.45, 7) is 1.94. The minimum Gasteiger partial charge on any atom is -0.550 e. The summed E-state index contributed by atoms with van der Waals surface area (Å²) in [5.41, 5.74) is 1.95. The number of aliphatic carboxylic acids is 2. The zero-order chi connectivity index (χ0) is 16.5. The van der Waals surface area contributed by atoms with Gasteiger partial charge in [-0.2, -0.15) is 0 Å². The van der Waals surface area contributed by atoms with Gasteiger partial charge in [0.2, 0.25) is 0 Å². The van der Waals surface area contributed by atoms with Gasteiger partial charge in [0.25, 0.3) is 0 Å². The van der Waals surface area contributed by atoms with E-state index in [1.165, 1.54) is 0 Å². The SMILES string of the molecule is CC(=O)[O-].CC(=O)[O-].[Pt+2].c1cnc2c(c1)ccc1cccnc12. The van der Waals surface area contributed by atoms with Crippen molar-refractivity contribution in [2.24, 2.45) is 0 Å². The Kier molecular flexibility index (Phi) is 9.35. The first-order valence-electron chi connectivity index (χ1n) is 6.35. The maximum atomic E-state index is 8.89. The van der Waals surface area contributed by atoms with Gasteiger partial charge < -0.3 is 19.8 Å². The summed E-state index contributed by atoms with van der Waals surface area (Å²) in [6, 6.07) is 12.1. The Morgan fingerprint density at radius 1 is 0.783 bits per heavy atom. The van der Waals surface area contributed by atoms with Gasteiger partial charge >= 0.3 is 21.1 Å². The van der Waals surface area contributed by atoms with Crippen LogP contribution in [0.15, 0.2) is 48.8 Å². The first-order valence-corrected chi connectivity index (χ1v) is 6.35. The minimum atomic E-state index is -1.08. The molecule has 0 amide bonds. The van der Waals surface area contributed by atoms with Gasteiger partial charge in [-0.3, -0.25) is 9.97 Å². The maximum Gasteiger partial charge on any atom is 2.00 e. The molecule has 0 spiro atoms. The molecular formula is C16H14N2O4Pt. The largest absolute Gasteiger partial charge is 2.00 e. The molecule has 2 heterocycles. The van der Waals surface area contributed by atoms with Crippen molar-refractivity contribution in [2.75, 3.05) is 0 Å². The summed E-state index contributed by atoms with van der Waals surface area (Å²) in [5, 5.41) is 20.1. The van der Waals surface area contributed by atoms with Crippen LogP contribution in [0.5, 0.6) is 0 Å². The first-order chi connectivity index (χ1) is 10.4. The van der Waals surface area contributed by atoms with E-state index in [2.05, 4.69) is 34.2 Å². The maximum absolute atomic E-state index is 8.89. The van der Waals surface area contributed by atoms with Gasteiger partial charge in [0.1, 0.15) is 0 Å². The van der Waals surface area contributed by atoms with Crippen molar-refractivity contribution >= 4 is 33.7 Å². The van der Waals surface area contributed by atoms with E-state index in [0.29, 0.717) is 0 Å². The third-order valence-corrected chi connectivity index (χ3v) is 2.34. The summed E-state index contributed by atoms with van der Waals surface area (Å²) >= 11 is 0. The van der Waals surface area contributed by atoms with E-state index in [-0.39, 0.29) is 21.1 Å². The molecule has 0 aliphatic heterocycles. The van der Waals surface area contributed by atoms with Crippen molar-refractivity contribution in [1.82, 2.24) is 9.97 Å². The predicted octanol–water partition coefficient (Wildman–Crippen LogP) is 0.293. The van der Waals surface area contributed by atoms with Crippen LogP contribution in [0.2, 0.25) is 0 Å². The third-order valence-electron chi connectivity index (χ3n) is 2.34. The minimum absolute atomic E-state index is 0. The fourth-order valence-corrected chi connectivity index (χ4v) is 1.68. The Morgan fingerprint density at radius 3 is 1.39 bits per heavy atom. The van der Waals surface area contributed by atoms with Gasteiger partial charge in [0.05, 0.1) is 11.0 Å². The smallest absolute Gasteiger partial charge is 0.550 e. The number of pyridine rings is 2. The van der Waals surface area contributed by atoms with Crippen molar-refractivity contribution in [3.8, 4) is 0 Å². The van der Waals surface area contributed by atoms with Crippen LogP contribution < -0.4 is 10.2 Å². The molecule has 23 heavy (non-hydrogen) atoms. The Labute approximate surface area is 147 Å². The Hall–Kier alpha value is -2.33. The second kappa shape index (κ2) is 10.4. The summed E-state index contributed by atoms with van der Waals surface area (Å²) in [5.74, 6) is -2.17. The van der Waals surface area contributed by atoms with E-state index >= 15 is 0 Å². The molecule has 0 saturated carbocycles. The normalized spacial score (nSPS) is 8.78. The van der Waals surface area contributed by atoms with Crippen molar-refractivity contribution in [3.63, 3.8) is 0 Å². The number of aromatic nitrogens is 2. The number of benzene rings is 1. The molecule has 7 heteroatoms. The number of hydrogen-bond donors (Lipinski definition) is 0. The molecule has 0 aliphatic carbocycles. The number of hydrogen-bond acceptors (Lipinski definition) is 6. The first kappa shape index (κ1) is 20.7. The quantitative estimate of drug-likeness (QED) is 0.417. The molecule has 0 bridgehead atoms. The van der Waals surface area contributed by atoms with Gasteiger partial charge in [0.15, 0.2) is 0 Å². The van der Waals surface area contributed by atoms with E-state index in [9.17, 15) is 0 Å². The molecule has 0 fully saturated rings. The molecule has 2 aromatic heterocycles. The number of nitrogens with zero attached hydrogens (tertiary/aromatic N) is 2. The number of fused-ring (bicyclic) bond motifs is 3. The Morgan fingerprint density at radius 2 is 1.09 bits per heavy atom. The van der Waals surface area contributed by atoms with E-state index in [1.807, 2.05) is 12.1 Å². The summed E-state index contributed by atoms with van der Waals surface area (Å²) in [6.07, 6.45) is 3.60. The van der Waals surface area contributed by atoms with Gasteiger partial charge in [-0.25, -0.2) is 0 Å². The van der Waals surface area contributed by atoms with E-state index in [4.69, 9.17) is 19.8 Å². The molecule has 0 saturated heterocycles. The van der Waals surface area contributed by atoms with Crippen molar-refractivity contribution < 1.29 is 40.9 Å². The van der Waals surface area contributed by atoms with Gasteiger partial charge in [-0.05, 0) is 26.0 Å². The second-order valence-electron chi connectivity index (χ2n) is 4.20. The van der Waals surface area contributed by atoms with Crippen LogP contribution in [0.25, 0.3) is 21.8 Å². The second-order valence-corrected chi connectivity index (χ2v) is 4.20. The Bertz CT molecular complexity index is 718. The monoisotopic (exact) mass is 493 g/mol. The van der Waals surface area contributed by atoms with Crippen molar-refractivity contribution in [1.29, 1.82) is 0 Å². The molecule has 0 radical (unpaired) electrons. The average Bonchev–Trinajstić information content (AvgIpc) is 2.46. The van der Waals surface area contributed by atoms with Gasteiger partial charge in [0, 0.05) is 35.1 Å². The van der Waals surface area contributed by atoms with Crippen molar-refractivity contribution in [2.45, 2.75) is 13.8 Å². The molecule has 0 unspecified atom stereocenters. The van der Waals surface area contributed by atoms with Crippen LogP contribution in [-0.2, 0) is 30.7 Å². The van der Waals surface area contributed by atoms with Crippen molar-refractivity contribution in [3.05, 3.63) is 48.8 Å². The van der Waals surface area contributed by atoms with E-state index in [1.54, 1.807) is 12.4 Å². The van der Waals surface area contributed by atoms with Crippen LogP contribution in [0.3, 0.4) is 0 Å². The zero-order valence-corrected chi connectivity index (χ0v) is 14.7. The fraction of sp³-hybridized carbons (Fsp3) is 0.125. The molecule has 0 aliphatic rings. The number of rotatable bonds is 0. The third kappa shape index (κ3) is 7.47. The molecular weight excluding hydrogens is 479 g/mol. The fourth-order valence-electron chi connectivity index (χ4n) is 1.68. The molecule has 3 aromatic rings. The number of carbonyl (C=O) groups is 2. The molecule has 0 N–H and O–H groups in total. The van der Waals surface area contributed by atoms with E-state index < -0.39 is 11.9 Å². The summed E-state index contributed by atoms with van der Waals surface area (Å²) in [7, 11) is 0. The van der Waals surface area contributed by atoms with Crippen LogP contribution in [0.4, 0.5) is 0 Å². The number of carboxylic acids is 2. The van der Waals surface area contributed by atoms with Crippen LogP contribution in [0, 0.1) is 0 Å². The number of carbonyl (C=O) groups excluding carboxylic acids is 2. The van der Waals surface area contributed by atoms with Crippen LogP contribution >= 0.6 is 0 Å². The topological polar surface area (TPSA) is 106 Å². The summed E-state index contributed by atoms with van der Waals surface area (Å²) < 4.78 is 0. The molecule has 122 valence electrons. The predicted molar refractivity (Wildman–Crippen MR) is 78.4 cm³/mol. The summed E-state index contributed by atoms with van der Waals surface area (Å²) in [4.78, 5) is 26.5. The van der Waals surface area contributed by atoms with Gasteiger partial charge in [-0.15, -0.1) is 0 Å². The molecule has 0 atom stereocenters. The molecule has 6 nitrogen and oxygen atoms in total. The van der Waals surface area contributed by atoms with Gasteiger partial charge in [-0.1, -0.05) is 24.3 Å². The van der Waals surface area contributed by atoms with E-state index in [0.717, 1.165) is 35.7 Å². The zero-order valence-electron chi connectivity index (χ0n) is 12.5. The van der Waals surface area contributed by atoms with Crippen LogP contribution in [-0.4, -0.2) is 21.9 Å². The standard InChI is InChI=1S/C12H8N2.2C2H4O2.Pt/c1-3-9-5-6-10-4-2-8-14-12(10)11(9)13-7-1;2*1-2(3)4;/h1-8H;2*1H3,(H,3,4);/q;;;+2/p-2. The molecule has 1 aromatic carbocycles.